The molecule has 0 aliphatic heterocycles. The van der Waals surface area contributed by atoms with Gasteiger partial charge >= 0.3 is 6.09 Å². The highest BCUT2D eigenvalue weighted by Gasteiger charge is 2.20. The van der Waals surface area contributed by atoms with Crippen LogP contribution in [0.5, 0.6) is 0 Å². The van der Waals surface area contributed by atoms with Crippen LogP contribution < -0.4 is 10.6 Å². The van der Waals surface area contributed by atoms with Gasteiger partial charge in [0.25, 0.3) is 5.91 Å². The van der Waals surface area contributed by atoms with E-state index in [4.69, 9.17) is 4.74 Å². The summed E-state index contributed by atoms with van der Waals surface area (Å²) >= 11 is 0. The molecule has 138 valence electrons. The molecule has 2 aromatic rings. The first-order valence-corrected chi connectivity index (χ1v) is 8.18. The van der Waals surface area contributed by atoms with Gasteiger partial charge in [-0.3, -0.25) is 9.59 Å². The van der Waals surface area contributed by atoms with Gasteiger partial charge in [0.15, 0.2) is 0 Å². The van der Waals surface area contributed by atoms with Crippen LogP contribution in [0.15, 0.2) is 36.4 Å². The molecule has 2 N–H and O–H groups in total. The highest BCUT2D eigenvalue weighted by Crippen LogP contribution is 2.03. The zero-order valence-electron chi connectivity index (χ0n) is 15.0. The lowest BCUT2D eigenvalue weighted by Gasteiger charge is -2.14. The van der Waals surface area contributed by atoms with Gasteiger partial charge in [0.1, 0.15) is 19.2 Å². The first kappa shape index (κ1) is 19.2. The molecule has 26 heavy (non-hydrogen) atoms. The molecule has 8 nitrogen and oxygen atoms in total. The maximum atomic E-state index is 12.3. The lowest BCUT2D eigenvalue weighted by atomic mass is 10.2. The number of ether oxygens (including phenoxy) is 1. The fourth-order valence-corrected chi connectivity index (χ4v) is 2.32. The summed E-state index contributed by atoms with van der Waals surface area (Å²) in [5.41, 5.74) is 2.25. The van der Waals surface area contributed by atoms with Gasteiger partial charge in [-0.1, -0.05) is 30.3 Å². The number of nitrogens with zero attached hydrogens (tertiary/aromatic N) is 2. The number of alkyl carbamates (subject to hydrolysis) is 1. The van der Waals surface area contributed by atoms with Gasteiger partial charge in [0, 0.05) is 5.69 Å². The van der Waals surface area contributed by atoms with E-state index in [-0.39, 0.29) is 19.1 Å². The van der Waals surface area contributed by atoms with Crippen molar-refractivity contribution in [3.63, 3.8) is 0 Å². The predicted molar refractivity (Wildman–Crippen MR) is 94.6 cm³/mol. The Kier molecular flexibility index (Phi) is 6.48. The molecule has 0 aliphatic carbocycles. The highest BCUT2D eigenvalue weighted by atomic mass is 16.5. The van der Waals surface area contributed by atoms with E-state index in [1.54, 1.807) is 26.8 Å². The van der Waals surface area contributed by atoms with Gasteiger partial charge in [-0.25, -0.2) is 9.48 Å². The van der Waals surface area contributed by atoms with Gasteiger partial charge in [0.05, 0.1) is 5.69 Å². The molecule has 1 aromatic heterocycles. The van der Waals surface area contributed by atoms with Crippen LogP contribution in [-0.4, -0.2) is 40.3 Å². The van der Waals surface area contributed by atoms with Crippen LogP contribution in [-0.2, 0) is 16.1 Å². The highest BCUT2D eigenvalue weighted by molar-refractivity contribution is 5.90. The zero-order chi connectivity index (χ0) is 19.1. The average molecular weight is 358 g/mol. The second kappa shape index (κ2) is 8.80. The Balaban J connectivity index is 1.74. The van der Waals surface area contributed by atoms with E-state index in [0.29, 0.717) is 5.69 Å². The number of amides is 2. The van der Waals surface area contributed by atoms with Crippen LogP contribution >= 0.6 is 0 Å². The molecule has 0 aliphatic rings. The van der Waals surface area contributed by atoms with Crippen molar-refractivity contribution in [3.05, 3.63) is 53.3 Å². The Morgan fingerprint density at radius 3 is 2.50 bits per heavy atom. The number of nitrogens with one attached hydrogen (secondary N) is 2. The predicted octanol–water partition coefficient (Wildman–Crippen LogP) is 1.57. The van der Waals surface area contributed by atoms with Crippen molar-refractivity contribution in [2.24, 2.45) is 0 Å². The molecular formula is C18H22N4O4. The maximum absolute atomic E-state index is 12.3. The van der Waals surface area contributed by atoms with E-state index in [2.05, 4.69) is 15.7 Å². The molecule has 0 fully saturated rings. The summed E-state index contributed by atoms with van der Waals surface area (Å²) in [7, 11) is 0. The molecule has 1 heterocycles. The topological polar surface area (TPSA) is 102 Å². The van der Waals surface area contributed by atoms with Crippen molar-refractivity contribution >= 4 is 17.9 Å². The molecule has 1 unspecified atom stereocenters. The molecular weight excluding hydrogens is 336 g/mol. The van der Waals surface area contributed by atoms with Gasteiger partial charge < -0.3 is 15.4 Å². The van der Waals surface area contributed by atoms with Crippen LogP contribution in [0.25, 0.3) is 0 Å². The first-order valence-electron chi connectivity index (χ1n) is 8.18. The molecule has 0 saturated carbocycles. The number of aromatic nitrogens is 2. The monoisotopic (exact) mass is 358 g/mol. The first-order chi connectivity index (χ1) is 12.4. The fraction of sp³-hybridized carbons (Fsp3) is 0.333. The van der Waals surface area contributed by atoms with E-state index in [1.165, 1.54) is 4.68 Å². The standard InChI is InChI=1S/C18H22N4O4/c1-12-9-13(2)22(21-12)17(24)14(3)20-16(23)10-19-18(25)26-11-15-7-5-4-6-8-15/h4-9,14H,10-11H2,1-3H3,(H,19,25)(H,20,23). The molecule has 2 rings (SSSR count). The Morgan fingerprint density at radius 2 is 1.88 bits per heavy atom. The normalized spacial score (nSPS) is 11.5. The largest absolute Gasteiger partial charge is 0.445 e. The fourth-order valence-electron chi connectivity index (χ4n) is 2.32. The minimum atomic E-state index is -0.775. The summed E-state index contributed by atoms with van der Waals surface area (Å²) in [5, 5.41) is 8.96. The van der Waals surface area contributed by atoms with Gasteiger partial charge in [-0.15, -0.1) is 0 Å². The summed E-state index contributed by atoms with van der Waals surface area (Å²) in [6.45, 7) is 4.93. The van der Waals surface area contributed by atoms with Crippen molar-refractivity contribution in [1.82, 2.24) is 20.4 Å². The second-order valence-corrected chi connectivity index (χ2v) is 5.88. The van der Waals surface area contributed by atoms with Crippen molar-refractivity contribution < 1.29 is 19.1 Å². The lowest BCUT2D eigenvalue weighted by molar-refractivity contribution is -0.120. The number of benzene rings is 1. The summed E-state index contributed by atoms with van der Waals surface area (Å²) in [4.78, 5) is 35.8. The molecule has 0 bridgehead atoms. The number of aryl methyl sites for hydroxylation is 2. The van der Waals surface area contributed by atoms with Gasteiger partial charge in [-0.2, -0.15) is 5.10 Å². The van der Waals surface area contributed by atoms with Crippen molar-refractivity contribution in [2.75, 3.05) is 6.54 Å². The van der Waals surface area contributed by atoms with Crippen LogP contribution in [0.2, 0.25) is 0 Å². The summed E-state index contributed by atoms with van der Waals surface area (Å²) < 4.78 is 6.26. The number of carbonyl (C=O) groups excluding carboxylic acids is 3. The Bertz CT molecular complexity index is 786. The van der Waals surface area contributed by atoms with Crippen LogP contribution in [0.1, 0.15) is 28.7 Å². The third-order valence-corrected chi connectivity index (χ3v) is 3.57. The summed E-state index contributed by atoms with van der Waals surface area (Å²) in [6.07, 6.45) is -0.707. The van der Waals surface area contributed by atoms with Crippen molar-refractivity contribution in [2.45, 2.75) is 33.4 Å². The third kappa shape index (κ3) is 5.44. The molecule has 0 radical (unpaired) electrons. The number of rotatable bonds is 6. The van der Waals surface area contributed by atoms with Gasteiger partial charge in [-0.05, 0) is 32.4 Å². The van der Waals surface area contributed by atoms with E-state index < -0.39 is 18.0 Å². The van der Waals surface area contributed by atoms with E-state index in [1.807, 2.05) is 30.3 Å². The van der Waals surface area contributed by atoms with E-state index in [9.17, 15) is 14.4 Å². The van der Waals surface area contributed by atoms with Crippen LogP contribution in [0, 0.1) is 13.8 Å². The Hall–Kier alpha value is -3.16. The number of hydrogen-bond acceptors (Lipinski definition) is 5. The molecule has 1 atom stereocenters. The minimum absolute atomic E-state index is 0.112. The van der Waals surface area contributed by atoms with E-state index >= 15 is 0 Å². The zero-order valence-corrected chi connectivity index (χ0v) is 15.0. The molecule has 0 saturated heterocycles. The molecule has 0 spiro atoms. The van der Waals surface area contributed by atoms with Crippen molar-refractivity contribution in [1.29, 1.82) is 0 Å². The maximum Gasteiger partial charge on any atom is 0.407 e. The Labute approximate surface area is 151 Å². The van der Waals surface area contributed by atoms with Crippen molar-refractivity contribution in [3.8, 4) is 0 Å². The SMILES string of the molecule is Cc1cc(C)n(C(=O)C(C)NC(=O)CNC(=O)OCc2ccccc2)n1. The van der Waals surface area contributed by atoms with Crippen LogP contribution in [0.4, 0.5) is 4.79 Å². The molecule has 8 heteroatoms. The third-order valence-electron chi connectivity index (χ3n) is 3.57. The number of hydrogen-bond donors (Lipinski definition) is 2. The molecule has 1 aromatic carbocycles. The average Bonchev–Trinajstić information content (AvgIpc) is 2.96. The lowest BCUT2D eigenvalue weighted by Crippen LogP contribution is -2.46. The van der Waals surface area contributed by atoms with Gasteiger partial charge in [0.2, 0.25) is 5.91 Å². The van der Waals surface area contributed by atoms with Crippen LogP contribution in [0.3, 0.4) is 0 Å². The second-order valence-electron chi connectivity index (χ2n) is 5.88. The minimum Gasteiger partial charge on any atom is -0.445 e. The molecule has 2 amide bonds. The number of carbonyl (C=O) groups is 3. The summed E-state index contributed by atoms with van der Waals surface area (Å²) in [6, 6.07) is 10.2. The quantitative estimate of drug-likeness (QED) is 0.816. The smallest absolute Gasteiger partial charge is 0.407 e. The summed E-state index contributed by atoms with van der Waals surface area (Å²) in [5.74, 6) is -0.848. The Morgan fingerprint density at radius 1 is 1.19 bits per heavy atom. The van der Waals surface area contributed by atoms with E-state index in [0.717, 1.165) is 11.3 Å².